The summed E-state index contributed by atoms with van der Waals surface area (Å²) in [4.78, 5) is 1.88. The molecule has 4 nitrogen and oxygen atoms in total. The van der Waals surface area contributed by atoms with E-state index in [0.29, 0.717) is 19.7 Å². The molecule has 0 amide bonds. The Morgan fingerprint density at radius 1 is 1.35 bits per heavy atom. The summed E-state index contributed by atoms with van der Waals surface area (Å²) in [6.07, 6.45) is -0.603. The Morgan fingerprint density at radius 2 is 2.06 bits per heavy atom. The number of ether oxygens (including phenoxy) is 1. The number of aliphatic hydroxyl groups excluding tert-OH is 2. The lowest BCUT2D eigenvalue weighted by atomic mass is 10.1. The van der Waals surface area contributed by atoms with Gasteiger partial charge in [-0.15, -0.1) is 0 Å². The third-order valence-electron chi connectivity index (χ3n) is 2.54. The average molecular weight is 239 g/mol. The molecule has 0 radical (unpaired) electrons. The van der Waals surface area contributed by atoms with E-state index in [1.54, 1.807) is 0 Å². The van der Waals surface area contributed by atoms with Crippen molar-refractivity contribution in [3.63, 3.8) is 0 Å². The maximum Gasteiger partial charge on any atom is 0.125 e. The van der Waals surface area contributed by atoms with Gasteiger partial charge in [-0.1, -0.05) is 18.2 Å². The van der Waals surface area contributed by atoms with Crippen molar-refractivity contribution in [2.24, 2.45) is 0 Å². The molecule has 0 bridgehead atoms. The van der Waals surface area contributed by atoms with Crippen LogP contribution in [0.25, 0.3) is 0 Å². The predicted octanol–water partition coefficient (Wildman–Crippen LogP) is 1.04. The molecule has 1 aromatic carbocycles. The zero-order valence-corrected chi connectivity index (χ0v) is 10.5. The van der Waals surface area contributed by atoms with E-state index >= 15 is 0 Å². The highest BCUT2D eigenvalue weighted by Gasteiger charge is 2.14. The average Bonchev–Trinajstić information content (AvgIpc) is 2.30. The topological polar surface area (TPSA) is 52.9 Å². The van der Waals surface area contributed by atoms with Crippen molar-refractivity contribution in [1.29, 1.82) is 0 Å². The van der Waals surface area contributed by atoms with Crippen molar-refractivity contribution in [2.45, 2.75) is 13.0 Å². The lowest BCUT2D eigenvalue weighted by Gasteiger charge is -2.21. The number of para-hydroxylation sites is 1. The van der Waals surface area contributed by atoms with Gasteiger partial charge in [-0.2, -0.15) is 0 Å². The molecule has 0 saturated heterocycles. The standard InChI is InChI=1S/C13H21NO3/c1-3-17-13-7-5-4-6-11(13)12(16)10-14(2)8-9-15/h4-7,12,15-16H,3,8-10H2,1-2H3. The first-order chi connectivity index (χ1) is 8.19. The number of benzene rings is 1. The van der Waals surface area contributed by atoms with E-state index in [1.807, 2.05) is 43.1 Å². The Kier molecular flexibility index (Phi) is 5.97. The second-order valence-electron chi connectivity index (χ2n) is 3.97. The normalized spacial score (nSPS) is 12.8. The molecule has 0 fully saturated rings. The first kappa shape index (κ1) is 14.0. The van der Waals surface area contributed by atoms with Crippen LogP contribution in [0.2, 0.25) is 0 Å². The molecular weight excluding hydrogens is 218 g/mol. The minimum Gasteiger partial charge on any atom is -0.493 e. The Hall–Kier alpha value is -1.10. The number of likely N-dealkylation sites (N-methyl/N-ethyl adjacent to an activating group) is 1. The highest BCUT2D eigenvalue weighted by molar-refractivity contribution is 5.35. The number of aliphatic hydroxyl groups is 2. The van der Waals surface area contributed by atoms with Gasteiger partial charge in [0, 0.05) is 18.7 Å². The van der Waals surface area contributed by atoms with Crippen LogP contribution < -0.4 is 4.74 Å². The molecule has 0 heterocycles. The summed E-state index contributed by atoms with van der Waals surface area (Å²) in [6.45, 7) is 3.62. The second kappa shape index (κ2) is 7.27. The predicted molar refractivity (Wildman–Crippen MR) is 67.2 cm³/mol. The van der Waals surface area contributed by atoms with Crippen molar-refractivity contribution in [3.8, 4) is 5.75 Å². The zero-order chi connectivity index (χ0) is 12.7. The van der Waals surface area contributed by atoms with Crippen LogP contribution in [0, 0.1) is 0 Å². The van der Waals surface area contributed by atoms with Crippen LogP contribution in [0.3, 0.4) is 0 Å². The molecule has 0 saturated carbocycles. The minimum atomic E-state index is -0.603. The van der Waals surface area contributed by atoms with Gasteiger partial charge < -0.3 is 19.8 Å². The SMILES string of the molecule is CCOc1ccccc1C(O)CN(C)CCO. The molecule has 0 aliphatic rings. The Balaban J connectivity index is 2.70. The molecule has 96 valence electrons. The summed E-state index contributed by atoms with van der Waals surface area (Å²) < 4.78 is 5.47. The van der Waals surface area contributed by atoms with Gasteiger partial charge in [-0.05, 0) is 20.0 Å². The van der Waals surface area contributed by atoms with E-state index in [1.165, 1.54) is 0 Å². The highest BCUT2D eigenvalue weighted by atomic mass is 16.5. The van der Waals surface area contributed by atoms with E-state index in [4.69, 9.17) is 9.84 Å². The zero-order valence-electron chi connectivity index (χ0n) is 10.5. The van der Waals surface area contributed by atoms with Gasteiger partial charge in [0.15, 0.2) is 0 Å². The van der Waals surface area contributed by atoms with Crippen LogP contribution in [-0.4, -0.2) is 48.5 Å². The summed E-state index contributed by atoms with van der Waals surface area (Å²) in [5.41, 5.74) is 0.791. The molecule has 0 aliphatic carbocycles. The maximum atomic E-state index is 10.1. The third kappa shape index (κ3) is 4.34. The fourth-order valence-corrected chi connectivity index (χ4v) is 1.70. The van der Waals surface area contributed by atoms with E-state index in [-0.39, 0.29) is 6.61 Å². The lowest BCUT2D eigenvalue weighted by molar-refractivity contribution is 0.112. The largest absolute Gasteiger partial charge is 0.493 e. The van der Waals surface area contributed by atoms with Crippen LogP contribution in [-0.2, 0) is 0 Å². The number of rotatable bonds is 7. The Labute approximate surface area is 102 Å². The number of nitrogens with zero attached hydrogens (tertiary/aromatic N) is 1. The second-order valence-corrected chi connectivity index (χ2v) is 3.97. The molecular formula is C13H21NO3. The summed E-state index contributed by atoms with van der Waals surface area (Å²) >= 11 is 0. The van der Waals surface area contributed by atoms with Gasteiger partial charge >= 0.3 is 0 Å². The lowest BCUT2D eigenvalue weighted by Crippen LogP contribution is -2.27. The van der Waals surface area contributed by atoms with Crippen LogP contribution >= 0.6 is 0 Å². The van der Waals surface area contributed by atoms with Crippen molar-refractivity contribution < 1.29 is 14.9 Å². The molecule has 0 aromatic heterocycles. The molecule has 17 heavy (non-hydrogen) atoms. The summed E-state index contributed by atoms with van der Waals surface area (Å²) in [6, 6.07) is 7.49. The molecule has 4 heteroatoms. The Bertz CT molecular complexity index is 330. The molecule has 1 rings (SSSR count). The first-order valence-electron chi connectivity index (χ1n) is 5.88. The molecule has 1 aromatic rings. The van der Waals surface area contributed by atoms with E-state index in [2.05, 4.69) is 0 Å². The Morgan fingerprint density at radius 3 is 2.71 bits per heavy atom. The molecule has 0 spiro atoms. The van der Waals surface area contributed by atoms with Crippen molar-refractivity contribution in [2.75, 3.05) is 33.4 Å². The fourth-order valence-electron chi connectivity index (χ4n) is 1.70. The van der Waals surface area contributed by atoms with Crippen molar-refractivity contribution >= 4 is 0 Å². The smallest absolute Gasteiger partial charge is 0.125 e. The van der Waals surface area contributed by atoms with Gasteiger partial charge in [0.1, 0.15) is 5.75 Å². The van der Waals surface area contributed by atoms with Crippen LogP contribution in [0.5, 0.6) is 5.75 Å². The monoisotopic (exact) mass is 239 g/mol. The molecule has 0 aliphatic heterocycles. The van der Waals surface area contributed by atoms with Crippen molar-refractivity contribution in [3.05, 3.63) is 29.8 Å². The van der Waals surface area contributed by atoms with Gasteiger partial charge in [-0.25, -0.2) is 0 Å². The van der Waals surface area contributed by atoms with E-state index in [0.717, 1.165) is 11.3 Å². The van der Waals surface area contributed by atoms with Crippen molar-refractivity contribution in [1.82, 2.24) is 4.90 Å². The van der Waals surface area contributed by atoms with E-state index < -0.39 is 6.10 Å². The van der Waals surface area contributed by atoms with Gasteiger partial charge in [0.05, 0.1) is 19.3 Å². The van der Waals surface area contributed by atoms with Crippen LogP contribution in [0.15, 0.2) is 24.3 Å². The summed E-state index contributed by atoms with van der Waals surface area (Å²) in [5.74, 6) is 0.722. The van der Waals surface area contributed by atoms with Gasteiger partial charge in [0.25, 0.3) is 0 Å². The third-order valence-corrected chi connectivity index (χ3v) is 2.54. The minimum absolute atomic E-state index is 0.0936. The number of hydrogen-bond acceptors (Lipinski definition) is 4. The van der Waals surface area contributed by atoms with Crippen LogP contribution in [0.1, 0.15) is 18.6 Å². The molecule has 1 unspecified atom stereocenters. The molecule has 2 N–H and O–H groups in total. The maximum absolute atomic E-state index is 10.1. The summed E-state index contributed by atoms with van der Waals surface area (Å²) in [5, 5.41) is 18.9. The number of hydrogen-bond donors (Lipinski definition) is 2. The van der Waals surface area contributed by atoms with Crippen LogP contribution in [0.4, 0.5) is 0 Å². The van der Waals surface area contributed by atoms with E-state index in [9.17, 15) is 5.11 Å². The van der Waals surface area contributed by atoms with Gasteiger partial charge in [0.2, 0.25) is 0 Å². The fraction of sp³-hybridized carbons (Fsp3) is 0.538. The quantitative estimate of drug-likeness (QED) is 0.746. The van der Waals surface area contributed by atoms with Gasteiger partial charge in [-0.3, -0.25) is 0 Å². The summed E-state index contributed by atoms with van der Waals surface area (Å²) in [7, 11) is 1.86. The highest BCUT2D eigenvalue weighted by Crippen LogP contribution is 2.25. The molecule has 1 atom stereocenters. The first-order valence-corrected chi connectivity index (χ1v) is 5.88.